The first-order valence-corrected chi connectivity index (χ1v) is 7.33. The maximum atomic E-state index is 13.2. The second kappa shape index (κ2) is 8.56. The number of urea groups is 1. The topological polar surface area (TPSA) is 105 Å². The number of esters is 1. The monoisotopic (exact) mass is 364 g/mol. The van der Waals surface area contributed by atoms with Gasteiger partial charge in [-0.1, -0.05) is 30.3 Å². The van der Waals surface area contributed by atoms with E-state index in [9.17, 15) is 23.2 Å². The van der Waals surface area contributed by atoms with Gasteiger partial charge in [-0.2, -0.15) is 0 Å². The molecule has 0 unspecified atom stereocenters. The molecule has 2 rings (SSSR count). The number of aromatic hydroxyl groups is 1. The lowest BCUT2D eigenvalue weighted by molar-refractivity contribution is -0.123. The standard InChI is InChI=1S/C17H14F2N2O5/c18-12-6-11(7-13(19)15(12)23)16(24)26-9-14(22)21-17(25)20-8-10-4-2-1-3-5-10/h1-7,23H,8-9H2,(H2,20,21,22,25). The Balaban J connectivity index is 1.79. The summed E-state index contributed by atoms with van der Waals surface area (Å²) in [5, 5.41) is 13.3. The minimum Gasteiger partial charge on any atom is -0.503 e. The Bertz CT molecular complexity index is 804. The van der Waals surface area contributed by atoms with E-state index >= 15 is 0 Å². The van der Waals surface area contributed by atoms with Crippen molar-refractivity contribution >= 4 is 17.9 Å². The zero-order valence-electron chi connectivity index (χ0n) is 13.3. The fourth-order valence-corrected chi connectivity index (χ4v) is 1.88. The molecule has 0 saturated heterocycles. The molecule has 136 valence electrons. The van der Waals surface area contributed by atoms with Crippen molar-refractivity contribution in [3.05, 3.63) is 65.2 Å². The molecule has 0 aliphatic rings. The number of benzene rings is 2. The summed E-state index contributed by atoms with van der Waals surface area (Å²) in [5.74, 6) is -6.04. The molecule has 7 nitrogen and oxygen atoms in total. The van der Waals surface area contributed by atoms with Gasteiger partial charge in [0.25, 0.3) is 5.91 Å². The molecule has 0 aliphatic carbocycles. The van der Waals surface area contributed by atoms with Crippen LogP contribution in [-0.4, -0.2) is 29.6 Å². The molecule has 0 aliphatic heterocycles. The Morgan fingerprint density at radius 1 is 1.04 bits per heavy atom. The average molecular weight is 364 g/mol. The molecule has 0 atom stereocenters. The van der Waals surface area contributed by atoms with Gasteiger partial charge in [-0.05, 0) is 17.7 Å². The molecule has 0 aromatic heterocycles. The van der Waals surface area contributed by atoms with E-state index in [-0.39, 0.29) is 6.54 Å². The lowest BCUT2D eigenvalue weighted by Crippen LogP contribution is -2.41. The largest absolute Gasteiger partial charge is 0.503 e. The molecule has 3 amide bonds. The minimum atomic E-state index is -1.35. The first-order valence-electron chi connectivity index (χ1n) is 7.33. The van der Waals surface area contributed by atoms with Crippen molar-refractivity contribution in [1.29, 1.82) is 0 Å². The molecule has 0 saturated carbocycles. The SMILES string of the molecule is O=C(COC(=O)c1cc(F)c(O)c(F)c1)NC(=O)NCc1ccccc1. The number of hydrogen-bond acceptors (Lipinski definition) is 5. The van der Waals surface area contributed by atoms with E-state index < -0.39 is 47.5 Å². The maximum Gasteiger partial charge on any atom is 0.338 e. The van der Waals surface area contributed by atoms with Gasteiger partial charge in [0, 0.05) is 6.54 Å². The first-order chi connectivity index (χ1) is 12.4. The molecule has 9 heteroatoms. The van der Waals surface area contributed by atoms with Crippen LogP contribution in [0.25, 0.3) is 0 Å². The first kappa shape index (κ1) is 18.8. The van der Waals surface area contributed by atoms with E-state index in [4.69, 9.17) is 5.11 Å². The Kier molecular flexibility index (Phi) is 6.20. The molecular formula is C17H14F2N2O5. The number of nitrogens with one attached hydrogen (secondary N) is 2. The fourth-order valence-electron chi connectivity index (χ4n) is 1.88. The van der Waals surface area contributed by atoms with Gasteiger partial charge in [0.05, 0.1) is 5.56 Å². The lowest BCUT2D eigenvalue weighted by atomic mass is 10.2. The van der Waals surface area contributed by atoms with E-state index in [0.717, 1.165) is 5.56 Å². The molecule has 3 N–H and O–H groups in total. The summed E-state index contributed by atoms with van der Waals surface area (Å²) in [5.41, 5.74) is 0.289. The third-order valence-corrected chi connectivity index (χ3v) is 3.14. The third kappa shape index (κ3) is 5.26. The molecule has 2 aromatic carbocycles. The van der Waals surface area contributed by atoms with Gasteiger partial charge in [0.2, 0.25) is 0 Å². The van der Waals surface area contributed by atoms with Crippen molar-refractivity contribution in [2.24, 2.45) is 0 Å². The zero-order chi connectivity index (χ0) is 19.1. The molecule has 0 heterocycles. The van der Waals surface area contributed by atoms with Gasteiger partial charge in [-0.15, -0.1) is 0 Å². The molecule has 0 fully saturated rings. The van der Waals surface area contributed by atoms with Crippen LogP contribution in [-0.2, 0) is 16.1 Å². The Labute approximate surface area is 146 Å². The quantitative estimate of drug-likeness (QED) is 0.703. The molecule has 0 radical (unpaired) electrons. The number of halogens is 2. The van der Waals surface area contributed by atoms with Gasteiger partial charge in [-0.3, -0.25) is 10.1 Å². The van der Waals surface area contributed by atoms with Crippen LogP contribution in [0.4, 0.5) is 13.6 Å². The average Bonchev–Trinajstić information content (AvgIpc) is 2.63. The van der Waals surface area contributed by atoms with Crippen molar-refractivity contribution in [2.45, 2.75) is 6.54 Å². The van der Waals surface area contributed by atoms with Crippen molar-refractivity contribution < 1.29 is 33.0 Å². The highest BCUT2D eigenvalue weighted by molar-refractivity contribution is 5.97. The van der Waals surface area contributed by atoms with Crippen molar-refractivity contribution in [1.82, 2.24) is 10.6 Å². The Morgan fingerprint density at radius 3 is 2.27 bits per heavy atom. The third-order valence-electron chi connectivity index (χ3n) is 3.14. The number of rotatable bonds is 5. The normalized spacial score (nSPS) is 10.1. The number of ether oxygens (including phenoxy) is 1. The summed E-state index contributed by atoms with van der Waals surface area (Å²) in [6.07, 6.45) is 0. The number of phenols is 1. The lowest BCUT2D eigenvalue weighted by Gasteiger charge is -2.08. The van der Waals surface area contributed by atoms with Crippen LogP contribution in [0, 0.1) is 11.6 Å². The van der Waals surface area contributed by atoms with Crippen LogP contribution >= 0.6 is 0 Å². The molecular weight excluding hydrogens is 350 g/mol. The van der Waals surface area contributed by atoms with E-state index in [1.165, 1.54) is 0 Å². The predicted molar refractivity (Wildman–Crippen MR) is 85.1 cm³/mol. The van der Waals surface area contributed by atoms with Crippen LogP contribution in [0.1, 0.15) is 15.9 Å². The molecule has 0 spiro atoms. The summed E-state index contributed by atoms with van der Waals surface area (Å²) in [4.78, 5) is 34.8. The van der Waals surface area contributed by atoms with Crippen LogP contribution < -0.4 is 10.6 Å². The van der Waals surface area contributed by atoms with E-state index in [0.29, 0.717) is 12.1 Å². The van der Waals surface area contributed by atoms with E-state index in [2.05, 4.69) is 10.1 Å². The smallest absolute Gasteiger partial charge is 0.338 e. The highest BCUT2D eigenvalue weighted by atomic mass is 19.1. The van der Waals surface area contributed by atoms with E-state index in [1.807, 2.05) is 11.4 Å². The minimum absolute atomic E-state index is 0.186. The van der Waals surface area contributed by atoms with Crippen LogP contribution in [0.5, 0.6) is 5.75 Å². The number of imide groups is 1. The zero-order valence-corrected chi connectivity index (χ0v) is 13.3. The van der Waals surface area contributed by atoms with Crippen LogP contribution in [0.15, 0.2) is 42.5 Å². The summed E-state index contributed by atoms with van der Waals surface area (Å²) in [7, 11) is 0. The highest BCUT2D eigenvalue weighted by Crippen LogP contribution is 2.21. The number of carbonyl (C=O) groups excluding carboxylic acids is 3. The molecule has 26 heavy (non-hydrogen) atoms. The molecule has 0 bridgehead atoms. The van der Waals surface area contributed by atoms with Crippen molar-refractivity contribution in [3.63, 3.8) is 0 Å². The number of carbonyl (C=O) groups is 3. The number of amides is 3. The van der Waals surface area contributed by atoms with Gasteiger partial charge < -0.3 is 15.2 Å². The van der Waals surface area contributed by atoms with Gasteiger partial charge in [0.15, 0.2) is 24.0 Å². The summed E-state index contributed by atoms with van der Waals surface area (Å²) in [6, 6.07) is 9.27. The highest BCUT2D eigenvalue weighted by Gasteiger charge is 2.17. The summed E-state index contributed by atoms with van der Waals surface area (Å²) < 4.78 is 30.9. The van der Waals surface area contributed by atoms with E-state index in [1.54, 1.807) is 24.3 Å². The Hall–Kier alpha value is -3.49. The van der Waals surface area contributed by atoms with Crippen LogP contribution in [0.2, 0.25) is 0 Å². The van der Waals surface area contributed by atoms with Crippen molar-refractivity contribution in [2.75, 3.05) is 6.61 Å². The fraction of sp³-hybridized carbons (Fsp3) is 0.118. The van der Waals surface area contributed by atoms with Crippen molar-refractivity contribution in [3.8, 4) is 5.75 Å². The Morgan fingerprint density at radius 2 is 1.65 bits per heavy atom. The second-order valence-corrected chi connectivity index (χ2v) is 5.08. The second-order valence-electron chi connectivity index (χ2n) is 5.08. The number of hydrogen-bond donors (Lipinski definition) is 3. The van der Waals surface area contributed by atoms with Gasteiger partial charge in [0.1, 0.15) is 0 Å². The van der Waals surface area contributed by atoms with Gasteiger partial charge in [-0.25, -0.2) is 18.4 Å². The predicted octanol–water partition coefficient (Wildman–Crippen LogP) is 1.85. The van der Waals surface area contributed by atoms with Crippen LogP contribution in [0.3, 0.4) is 0 Å². The number of phenolic OH excluding ortho intramolecular Hbond substituents is 1. The maximum absolute atomic E-state index is 13.2. The summed E-state index contributed by atoms with van der Waals surface area (Å²) in [6.45, 7) is -0.645. The summed E-state index contributed by atoms with van der Waals surface area (Å²) >= 11 is 0. The van der Waals surface area contributed by atoms with Gasteiger partial charge >= 0.3 is 12.0 Å². The molecule has 2 aromatic rings.